The Hall–Kier alpha value is -3.28. The van der Waals surface area contributed by atoms with Gasteiger partial charge in [-0.05, 0) is 54.4 Å². The molecule has 0 aliphatic rings. The molecule has 6 heteroatoms. The Balaban J connectivity index is 1.79. The number of furan rings is 1. The molecule has 1 amide bonds. The summed E-state index contributed by atoms with van der Waals surface area (Å²) in [7, 11) is 0. The van der Waals surface area contributed by atoms with Gasteiger partial charge in [0, 0.05) is 0 Å². The minimum atomic E-state index is -0.528. The molecule has 0 bridgehead atoms. The van der Waals surface area contributed by atoms with Crippen LogP contribution in [0.3, 0.4) is 0 Å². The first kappa shape index (κ1) is 14.6. The molecule has 0 saturated carbocycles. The molecule has 3 aromatic rings. The van der Waals surface area contributed by atoms with Crippen LogP contribution < -0.4 is 5.43 Å². The molecule has 0 spiro atoms. The largest absolute Gasteiger partial charge is 0.508 e. The zero-order valence-corrected chi connectivity index (χ0v) is 12.3. The van der Waals surface area contributed by atoms with Gasteiger partial charge in [-0.3, -0.25) is 4.79 Å². The second-order valence-electron chi connectivity index (χ2n) is 5.04. The second-order valence-corrected chi connectivity index (χ2v) is 5.04. The Morgan fingerprint density at radius 1 is 1.17 bits per heavy atom. The Labute approximate surface area is 131 Å². The van der Waals surface area contributed by atoms with Crippen molar-refractivity contribution in [1.29, 1.82) is 0 Å². The minimum Gasteiger partial charge on any atom is -0.508 e. The molecule has 0 fully saturated rings. The molecule has 1 aromatic heterocycles. The first-order valence-corrected chi connectivity index (χ1v) is 6.88. The highest BCUT2D eigenvalue weighted by atomic mass is 16.3. The molecule has 1 heterocycles. The Kier molecular flexibility index (Phi) is 3.72. The van der Waals surface area contributed by atoms with E-state index in [9.17, 15) is 15.0 Å². The van der Waals surface area contributed by atoms with Gasteiger partial charge in [-0.15, -0.1) is 0 Å². The second kappa shape index (κ2) is 5.84. The number of benzene rings is 2. The fourth-order valence-electron chi connectivity index (χ4n) is 2.23. The molecule has 3 rings (SSSR count). The SMILES string of the molecule is Cc1coc2ccc(C(=O)NN=Cc3ccc(O)cc3)c(O)c12. The number of phenols is 2. The summed E-state index contributed by atoms with van der Waals surface area (Å²) < 4.78 is 5.27. The summed E-state index contributed by atoms with van der Waals surface area (Å²) >= 11 is 0. The van der Waals surface area contributed by atoms with Gasteiger partial charge in [-0.25, -0.2) is 5.43 Å². The molecule has 3 N–H and O–H groups in total. The Morgan fingerprint density at radius 3 is 2.65 bits per heavy atom. The van der Waals surface area contributed by atoms with Crippen LogP contribution in [-0.4, -0.2) is 22.3 Å². The van der Waals surface area contributed by atoms with Crippen LogP contribution in [0, 0.1) is 6.92 Å². The quantitative estimate of drug-likeness (QED) is 0.512. The number of nitrogens with zero attached hydrogens (tertiary/aromatic N) is 1. The lowest BCUT2D eigenvalue weighted by molar-refractivity contribution is 0.0952. The monoisotopic (exact) mass is 310 g/mol. The minimum absolute atomic E-state index is 0.116. The Bertz CT molecular complexity index is 895. The highest BCUT2D eigenvalue weighted by Crippen LogP contribution is 2.32. The topological polar surface area (TPSA) is 95.1 Å². The number of hydrazone groups is 1. The molecular weight excluding hydrogens is 296 g/mol. The lowest BCUT2D eigenvalue weighted by atomic mass is 10.1. The predicted octanol–water partition coefficient (Wildman–Crippen LogP) is 2.92. The number of nitrogens with one attached hydrogen (secondary N) is 1. The normalized spacial score (nSPS) is 11.2. The van der Waals surface area contributed by atoms with Crippen molar-refractivity contribution >= 4 is 23.1 Å². The van der Waals surface area contributed by atoms with Crippen molar-refractivity contribution in [2.75, 3.05) is 0 Å². The molecule has 0 saturated heterocycles. The number of carbonyl (C=O) groups is 1. The van der Waals surface area contributed by atoms with Crippen molar-refractivity contribution < 1.29 is 19.4 Å². The van der Waals surface area contributed by atoms with Gasteiger partial charge in [0.2, 0.25) is 0 Å². The molecule has 0 aliphatic heterocycles. The summed E-state index contributed by atoms with van der Waals surface area (Å²) in [4.78, 5) is 12.1. The molecule has 2 aromatic carbocycles. The number of rotatable bonds is 3. The zero-order chi connectivity index (χ0) is 16.4. The summed E-state index contributed by atoms with van der Waals surface area (Å²) in [5, 5.41) is 23.8. The number of carbonyl (C=O) groups excluding carboxylic acids is 1. The van der Waals surface area contributed by atoms with Gasteiger partial charge in [-0.2, -0.15) is 5.10 Å². The Morgan fingerprint density at radius 2 is 1.91 bits per heavy atom. The first-order chi connectivity index (χ1) is 11.1. The van der Waals surface area contributed by atoms with E-state index in [0.717, 1.165) is 5.56 Å². The number of amides is 1. The van der Waals surface area contributed by atoms with Crippen LogP contribution in [0.5, 0.6) is 11.5 Å². The molecule has 6 nitrogen and oxygen atoms in total. The van der Waals surface area contributed by atoms with Crippen LogP contribution in [0.1, 0.15) is 21.5 Å². The smallest absolute Gasteiger partial charge is 0.275 e. The van der Waals surface area contributed by atoms with Gasteiger partial charge >= 0.3 is 0 Å². The van der Waals surface area contributed by atoms with Crippen LogP contribution in [0.4, 0.5) is 0 Å². The van der Waals surface area contributed by atoms with E-state index in [1.54, 1.807) is 25.1 Å². The molecule has 0 radical (unpaired) electrons. The molecular formula is C17H14N2O4. The van der Waals surface area contributed by atoms with Gasteiger partial charge < -0.3 is 14.6 Å². The lowest BCUT2D eigenvalue weighted by Crippen LogP contribution is -2.17. The maximum absolute atomic E-state index is 12.1. The summed E-state index contributed by atoms with van der Waals surface area (Å²) in [5.41, 5.74) is 4.46. The maximum atomic E-state index is 12.1. The fourth-order valence-corrected chi connectivity index (χ4v) is 2.23. The average molecular weight is 310 g/mol. The van der Waals surface area contributed by atoms with Crippen molar-refractivity contribution in [3.8, 4) is 11.5 Å². The molecule has 0 atom stereocenters. The maximum Gasteiger partial charge on any atom is 0.275 e. The fraction of sp³-hybridized carbons (Fsp3) is 0.0588. The number of aromatic hydroxyl groups is 2. The lowest BCUT2D eigenvalue weighted by Gasteiger charge is -2.04. The van der Waals surface area contributed by atoms with E-state index >= 15 is 0 Å². The van der Waals surface area contributed by atoms with Crippen molar-refractivity contribution in [3.63, 3.8) is 0 Å². The number of aryl methyl sites for hydroxylation is 1. The van der Waals surface area contributed by atoms with E-state index in [2.05, 4.69) is 10.5 Å². The molecule has 116 valence electrons. The molecule has 23 heavy (non-hydrogen) atoms. The van der Waals surface area contributed by atoms with E-state index in [0.29, 0.717) is 16.5 Å². The van der Waals surface area contributed by atoms with Gasteiger partial charge in [0.1, 0.15) is 17.1 Å². The number of hydrogen-bond acceptors (Lipinski definition) is 5. The number of hydrogen-bond donors (Lipinski definition) is 3. The van der Waals surface area contributed by atoms with Crippen molar-refractivity contribution in [3.05, 3.63) is 59.4 Å². The molecule has 0 aliphatic carbocycles. The van der Waals surface area contributed by atoms with Crippen LogP contribution in [-0.2, 0) is 0 Å². The van der Waals surface area contributed by atoms with Gasteiger partial charge in [0.15, 0.2) is 0 Å². The van der Waals surface area contributed by atoms with Gasteiger partial charge in [0.25, 0.3) is 5.91 Å². The van der Waals surface area contributed by atoms with E-state index in [1.165, 1.54) is 30.7 Å². The average Bonchev–Trinajstić information content (AvgIpc) is 2.91. The van der Waals surface area contributed by atoms with E-state index in [4.69, 9.17) is 4.42 Å². The number of phenolic OH excluding ortho intramolecular Hbond substituents is 2. The third-order valence-electron chi connectivity index (χ3n) is 3.41. The predicted molar refractivity (Wildman–Crippen MR) is 85.8 cm³/mol. The first-order valence-electron chi connectivity index (χ1n) is 6.88. The van der Waals surface area contributed by atoms with E-state index in [1.807, 2.05) is 0 Å². The third kappa shape index (κ3) is 2.87. The zero-order valence-electron chi connectivity index (χ0n) is 12.3. The van der Waals surface area contributed by atoms with Crippen molar-refractivity contribution in [2.24, 2.45) is 5.10 Å². The van der Waals surface area contributed by atoms with Crippen LogP contribution >= 0.6 is 0 Å². The van der Waals surface area contributed by atoms with Crippen molar-refractivity contribution in [2.45, 2.75) is 6.92 Å². The van der Waals surface area contributed by atoms with Crippen LogP contribution in [0.15, 0.2) is 52.2 Å². The highest BCUT2D eigenvalue weighted by molar-refractivity contribution is 6.03. The summed E-state index contributed by atoms with van der Waals surface area (Å²) in [6.07, 6.45) is 2.96. The standard InChI is InChI=1S/C17H14N2O4/c1-10-9-23-14-7-6-13(16(21)15(10)14)17(22)19-18-8-11-2-4-12(20)5-3-11/h2-9,20-21H,1H3,(H,19,22). The van der Waals surface area contributed by atoms with E-state index < -0.39 is 5.91 Å². The summed E-state index contributed by atoms with van der Waals surface area (Å²) in [5.74, 6) is -0.508. The summed E-state index contributed by atoms with van der Waals surface area (Å²) in [6, 6.07) is 9.45. The number of fused-ring (bicyclic) bond motifs is 1. The van der Waals surface area contributed by atoms with Crippen LogP contribution in [0.2, 0.25) is 0 Å². The highest BCUT2D eigenvalue weighted by Gasteiger charge is 2.16. The molecule has 0 unspecified atom stereocenters. The summed E-state index contributed by atoms with van der Waals surface area (Å²) in [6.45, 7) is 1.79. The van der Waals surface area contributed by atoms with E-state index in [-0.39, 0.29) is 17.1 Å². The van der Waals surface area contributed by atoms with Crippen molar-refractivity contribution in [1.82, 2.24) is 5.43 Å². The van der Waals surface area contributed by atoms with Gasteiger partial charge in [0.05, 0.1) is 23.4 Å². The van der Waals surface area contributed by atoms with Crippen LogP contribution in [0.25, 0.3) is 11.0 Å². The third-order valence-corrected chi connectivity index (χ3v) is 3.41. The van der Waals surface area contributed by atoms with Gasteiger partial charge in [-0.1, -0.05) is 0 Å².